The number of aliphatic imine (C=N–C) groups is 1. The molecule has 1 aliphatic heterocycles. The number of carbonyl (C=O) groups is 1. The minimum atomic E-state index is 0. The molecule has 3 aliphatic rings. The number of nitrogens with one attached hydrogen (secondary N) is 2. The number of carbonyl (C=O) groups excluding carboxylic acids is 1. The molecule has 0 radical (unpaired) electrons. The molecule has 2 N–H and O–H groups in total. The summed E-state index contributed by atoms with van der Waals surface area (Å²) in [6, 6.07) is 8.93. The summed E-state index contributed by atoms with van der Waals surface area (Å²) in [5, 5.41) is 7.08. The van der Waals surface area contributed by atoms with E-state index in [1.165, 1.54) is 31.2 Å². The zero-order chi connectivity index (χ0) is 19.6. The van der Waals surface area contributed by atoms with Gasteiger partial charge in [0.15, 0.2) is 5.96 Å². The van der Waals surface area contributed by atoms with Gasteiger partial charge in [0, 0.05) is 48.5 Å². The first-order chi connectivity index (χ1) is 13.6. The molecule has 0 aromatic heterocycles. The van der Waals surface area contributed by atoms with Crippen molar-refractivity contribution in [2.75, 3.05) is 26.7 Å². The number of halogens is 2. The van der Waals surface area contributed by atoms with Gasteiger partial charge in [-0.2, -0.15) is 0 Å². The van der Waals surface area contributed by atoms with Crippen molar-refractivity contribution in [3.8, 4) is 0 Å². The van der Waals surface area contributed by atoms with Crippen LogP contribution in [0.2, 0.25) is 0 Å². The Morgan fingerprint density at radius 2 is 2.03 bits per heavy atom. The Morgan fingerprint density at radius 3 is 2.69 bits per heavy atom. The summed E-state index contributed by atoms with van der Waals surface area (Å²) in [5.41, 5.74) is 1.61. The molecule has 7 heteroatoms. The summed E-state index contributed by atoms with van der Waals surface area (Å²) < 4.78 is 1.14. The summed E-state index contributed by atoms with van der Waals surface area (Å²) in [4.78, 5) is 19.1. The van der Waals surface area contributed by atoms with Crippen molar-refractivity contribution >= 4 is 51.8 Å². The second kappa shape index (κ2) is 9.98. The largest absolute Gasteiger partial charge is 0.356 e. The predicted octanol–water partition coefficient (Wildman–Crippen LogP) is 4.05. The number of guanidine groups is 1. The van der Waals surface area contributed by atoms with Crippen LogP contribution in [0.5, 0.6) is 0 Å². The predicted molar refractivity (Wildman–Crippen MR) is 132 cm³/mol. The third-order valence-corrected chi connectivity index (χ3v) is 7.15. The van der Waals surface area contributed by atoms with Crippen LogP contribution in [0.1, 0.15) is 50.5 Å². The molecule has 0 spiro atoms. The lowest BCUT2D eigenvalue weighted by molar-refractivity contribution is -0.134. The highest BCUT2D eigenvalue weighted by atomic mass is 127. The maximum absolute atomic E-state index is 12.6. The molecule has 2 saturated carbocycles. The number of amides is 1. The van der Waals surface area contributed by atoms with Crippen LogP contribution in [0.3, 0.4) is 0 Å². The summed E-state index contributed by atoms with van der Waals surface area (Å²) in [5.74, 6) is 1.49. The first kappa shape index (κ1) is 22.8. The van der Waals surface area contributed by atoms with Gasteiger partial charge in [-0.15, -0.1) is 24.0 Å². The van der Waals surface area contributed by atoms with Crippen LogP contribution in [0.4, 0.5) is 0 Å². The number of nitrogens with zero attached hydrogens (tertiary/aromatic N) is 2. The fourth-order valence-corrected chi connectivity index (χ4v) is 5.09. The van der Waals surface area contributed by atoms with E-state index in [4.69, 9.17) is 0 Å². The second-order valence-electron chi connectivity index (χ2n) is 8.61. The Labute approximate surface area is 199 Å². The maximum Gasteiger partial charge on any atom is 0.225 e. The molecule has 1 unspecified atom stereocenters. The SMILES string of the molecule is CN=C(NCC1(c2cccc(Br)c2)CC1)NC1CCN(C(=O)C2CCCC2)C1.I. The molecule has 4 rings (SSSR count). The summed E-state index contributed by atoms with van der Waals surface area (Å²) in [7, 11) is 1.82. The van der Waals surface area contributed by atoms with Crippen LogP contribution in [-0.4, -0.2) is 49.5 Å². The molecular formula is C22H32BrIN4O. The Hall–Kier alpha value is -0.830. The highest BCUT2D eigenvalue weighted by molar-refractivity contribution is 14.0. The third kappa shape index (κ3) is 5.46. The summed E-state index contributed by atoms with van der Waals surface area (Å²) in [6.45, 7) is 2.55. The fraction of sp³-hybridized carbons (Fsp3) is 0.636. The lowest BCUT2D eigenvalue weighted by Gasteiger charge is -2.23. The van der Waals surface area contributed by atoms with E-state index in [-0.39, 0.29) is 41.4 Å². The van der Waals surface area contributed by atoms with Gasteiger partial charge in [0.1, 0.15) is 0 Å². The summed E-state index contributed by atoms with van der Waals surface area (Å²) in [6.07, 6.45) is 7.99. The van der Waals surface area contributed by atoms with Crippen LogP contribution in [-0.2, 0) is 10.2 Å². The van der Waals surface area contributed by atoms with Gasteiger partial charge in [-0.25, -0.2) is 0 Å². The van der Waals surface area contributed by atoms with Crippen LogP contribution in [0, 0.1) is 5.92 Å². The van der Waals surface area contributed by atoms with Crippen molar-refractivity contribution in [3.63, 3.8) is 0 Å². The normalized spacial score (nSPS) is 23.6. The Kier molecular flexibility index (Phi) is 7.87. The molecule has 5 nitrogen and oxygen atoms in total. The van der Waals surface area contributed by atoms with Gasteiger partial charge in [-0.1, -0.05) is 40.9 Å². The van der Waals surface area contributed by atoms with Gasteiger partial charge < -0.3 is 15.5 Å². The highest BCUT2D eigenvalue weighted by Crippen LogP contribution is 2.48. The second-order valence-corrected chi connectivity index (χ2v) is 9.53. The molecule has 1 heterocycles. The fourth-order valence-electron chi connectivity index (χ4n) is 4.69. The van der Waals surface area contributed by atoms with Gasteiger partial charge in [0.25, 0.3) is 0 Å². The molecular weight excluding hydrogens is 543 g/mol. The van der Waals surface area contributed by atoms with E-state index in [9.17, 15) is 4.79 Å². The molecule has 1 aromatic carbocycles. The molecule has 1 saturated heterocycles. The van der Waals surface area contributed by atoms with Crippen molar-refractivity contribution in [1.29, 1.82) is 0 Å². The smallest absolute Gasteiger partial charge is 0.225 e. The van der Waals surface area contributed by atoms with E-state index in [0.717, 1.165) is 49.3 Å². The van der Waals surface area contributed by atoms with E-state index in [1.54, 1.807) is 0 Å². The summed E-state index contributed by atoms with van der Waals surface area (Å²) >= 11 is 3.59. The Bertz CT molecular complexity index is 746. The number of hydrogen-bond acceptors (Lipinski definition) is 2. The monoisotopic (exact) mass is 574 g/mol. The standard InChI is InChI=1S/C22H31BrN4O.HI/c1-24-21(25-15-22(10-11-22)17-7-4-8-18(23)13-17)26-19-9-12-27(14-19)20(28)16-5-2-3-6-16;/h4,7-8,13,16,19H,2-3,5-6,9-12,14-15H2,1H3,(H2,24,25,26);1H. The van der Waals surface area contributed by atoms with E-state index < -0.39 is 0 Å². The van der Waals surface area contributed by atoms with Crippen molar-refractivity contribution in [2.24, 2.45) is 10.9 Å². The van der Waals surface area contributed by atoms with Gasteiger partial charge in [0.2, 0.25) is 5.91 Å². The number of benzene rings is 1. The minimum Gasteiger partial charge on any atom is -0.356 e. The van der Waals surface area contributed by atoms with Gasteiger partial charge in [0.05, 0.1) is 0 Å². The van der Waals surface area contributed by atoms with Crippen LogP contribution < -0.4 is 10.6 Å². The lowest BCUT2D eigenvalue weighted by Crippen LogP contribution is -2.47. The molecule has 1 aromatic rings. The Balaban J connectivity index is 0.00000240. The molecule has 1 amide bonds. The zero-order valence-electron chi connectivity index (χ0n) is 17.1. The topological polar surface area (TPSA) is 56.7 Å². The van der Waals surface area contributed by atoms with E-state index in [0.29, 0.717) is 5.91 Å². The van der Waals surface area contributed by atoms with Crippen LogP contribution >= 0.6 is 39.9 Å². The Morgan fingerprint density at radius 1 is 1.28 bits per heavy atom. The van der Waals surface area contributed by atoms with Crippen molar-refractivity contribution < 1.29 is 4.79 Å². The number of likely N-dealkylation sites (tertiary alicyclic amines) is 1. The van der Waals surface area contributed by atoms with Crippen molar-refractivity contribution in [1.82, 2.24) is 15.5 Å². The van der Waals surface area contributed by atoms with Gasteiger partial charge in [-0.3, -0.25) is 9.79 Å². The van der Waals surface area contributed by atoms with E-state index in [2.05, 4.69) is 60.7 Å². The molecule has 160 valence electrons. The lowest BCUT2D eigenvalue weighted by atomic mass is 9.96. The van der Waals surface area contributed by atoms with Crippen LogP contribution in [0.15, 0.2) is 33.7 Å². The van der Waals surface area contributed by atoms with Crippen LogP contribution in [0.25, 0.3) is 0 Å². The molecule has 1 atom stereocenters. The first-order valence-electron chi connectivity index (χ1n) is 10.6. The maximum atomic E-state index is 12.6. The molecule has 0 bridgehead atoms. The van der Waals surface area contributed by atoms with Crippen molar-refractivity contribution in [3.05, 3.63) is 34.3 Å². The third-order valence-electron chi connectivity index (χ3n) is 6.65. The average Bonchev–Trinajstić information content (AvgIpc) is 3.09. The quantitative estimate of drug-likeness (QED) is 0.317. The molecule has 3 fully saturated rings. The van der Waals surface area contributed by atoms with E-state index >= 15 is 0 Å². The highest BCUT2D eigenvalue weighted by Gasteiger charge is 2.44. The first-order valence-corrected chi connectivity index (χ1v) is 11.4. The number of rotatable bonds is 5. The van der Waals surface area contributed by atoms with Gasteiger partial charge in [-0.05, 0) is 49.8 Å². The average molecular weight is 575 g/mol. The number of hydrogen-bond donors (Lipinski definition) is 2. The molecule has 29 heavy (non-hydrogen) atoms. The molecule has 2 aliphatic carbocycles. The van der Waals surface area contributed by atoms with Crippen molar-refractivity contribution in [2.45, 2.75) is 56.4 Å². The minimum absolute atomic E-state index is 0. The zero-order valence-corrected chi connectivity index (χ0v) is 21.0. The van der Waals surface area contributed by atoms with E-state index in [1.807, 2.05) is 7.05 Å². The van der Waals surface area contributed by atoms with Gasteiger partial charge >= 0.3 is 0 Å².